The summed E-state index contributed by atoms with van der Waals surface area (Å²) in [6.45, 7) is 3.62. The summed E-state index contributed by atoms with van der Waals surface area (Å²) in [6.07, 6.45) is -6.45. The van der Waals surface area contributed by atoms with Gasteiger partial charge in [0.25, 0.3) is 0 Å². The van der Waals surface area contributed by atoms with Crippen molar-refractivity contribution >= 4 is 0 Å². The minimum atomic E-state index is -4.73. The van der Waals surface area contributed by atoms with Crippen molar-refractivity contribution in [1.82, 2.24) is 10.1 Å². The number of aromatic nitrogens is 2. The predicted molar refractivity (Wildman–Crippen MR) is 108 cm³/mol. The van der Waals surface area contributed by atoms with Gasteiger partial charge in [-0.1, -0.05) is 44.0 Å². The van der Waals surface area contributed by atoms with Crippen molar-refractivity contribution in [2.75, 3.05) is 0 Å². The molecule has 1 aromatic heterocycles. The van der Waals surface area contributed by atoms with E-state index in [0.717, 1.165) is 55.7 Å². The molecule has 2 aromatic carbocycles. The van der Waals surface area contributed by atoms with E-state index in [0.29, 0.717) is 11.5 Å². The zero-order chi connectivity index (χ0) is 24.2. The molecule has 4 nitrogen and oxygen atoms in total. The van der Waals surface area contributed by atoms with Crippen LogP contribution < -0.4 is 4.74 Å². The molecule has 0 aliphatic rings. The number of unbranched alkanes of at least 4 members (excludes halogenated alkanes) is 1. The van der Waals surface area contributed by atoms with E-state index in [2.05, 4.69) is 10.1 Å². The van der Waals surface area contributed by atoms with Crippen LogP contribution in [0.4, 0.5) is 26.3 Å². The minimum Gasteiger partial charge on any atom is -0.488 e. The molecule has 0 saturated carbocycles. The second kappa shape index (κ2) is 9.84. The number of rotatable bonds is 8. The van der Waals surface area contributed by atoms with Gasteiger partial charge in [-0.2, -0.15) is 31.3 Å². The predicted octanol–water partition coefficient (Wildman–Crippen LogP) is 7.65. The van der Waals surface area contributed by atoms with Crippen molar-refractivity contribution in [3.8, 4) is 17.1 Å². The smallest absolute Gasteiger partial charge is 0.419 e. The van der Waals surface area contributed by atoms with Crippen LogP contribution in [-0.2, 0) is 19.0 Å². The fourth-order valence-electron chi connectivity index (χ4n) is 3.15. The molecule has 0 radical (unpaired) electrons. The van der Waals surface area contributed by atoms with Crippen LogP contribution in [0, 0.1) is 0 Å². The Balaban J connectivity index is 1.80. The molecular formula is C23H22F6N2O2. The van der Waals surface area contributed by atoms with Crippen LogP contribution in [0.1, 0.15) is 61.6 Å². The fourth-order valence-corrected chi connectivity index (χ4v) is 3.15. The molecule has 0 spiro atoms. The molecule has 0 aliphatic carbocycles. The average molecular weight is 472 g/mol. The van der Waals surface area contributed by atoms with Crippen LogP contribution >= 0.6 is 0 Å². The summed E-state index contributed by atoms with van der Waals surface area (Å²) in [5.41, 5.74) is -1.49. The normalized spacial score (nSPS) is 13.2. The summed E-state index contributed by atoms with van der Waals surface area (Å²) < 4.78 is 89.5. The summed E-state index contributed by atoms with van der Waals surface area (Å²) in [6, 6.07) is 7.40. The second-order valence-electron chi connectivity index (χ2n) is 7.69. The number of ether oxygens (including phenoxy) is 1. The molecule has 1 heterocycles. The minimum absolute atomic E-state index is 0.0142. The van der Waals surface area contributed by atoms with Crippen molar-refractivity contribution in [2.45, 2.75) is 58.0 Å². The van der Waals surface area contributed by atoms with Crippen molar-refractivity contribution in [2.24, 2.45) is 0 Å². The van der Waals surface area contributed by atoms with Gasteiger partial charge in [-0.05, 0) is 42.3 Å². The van der Waals surface area contributed by atoms with Gasteiger partial charge in [-0.3, -0.25) is 0 Å². The summed E-state index contributed by atoms with van der Waals surface area (Å²) in [5.74, 6) is -0.0754. The summed E-state index contributed by atoms with van der Waals surface area (Å²) in [7, 11) is 0. The van der Waals surface area contributed by atoms with Gasteiger partial charge in [-0.25, -0.2) is 0 Å². The SMILES string of the molecule is CCCCC(C)c1nc(-c2ccc(OCc3ccc(C(F)(F)F)cc3)c(C(F)(F)F)c2)no1. The Hall–Kier alpha value is -3.04. The van der Waals surface area contributed by atoms with E-state index in [1.54, 1.807) is 0 Å². The van der Waals surface area contributed by atoms with Crippen molar-refractivity contribution in [3.05, 3.63) is 65.0 Å². The third-order valence-corrected chi connectivity index (χ3v) is 5.07. The van der Waals surface area contributed by atoms with Gasteiger partial charge in [0, 0.05) is 11.5 Å². The highest BCUT2D eigenvalue weighted by molar-refractivity contribution is 5.59. The fraction of sp³-hybridized carbons (Fsp3) is 0.391. The van der Waals surface area contributed by atoms with Crippen LogP contribution in [0.3, 0.4) is 0 Å². The topological polar surface area (TPSA) is 48.2 Å². The van der Waals surface area contributed by atoms with E-state index in [-0.39, 0.29) is 23.9 Å². The van der Waals surface area contributed by atoms with Gasteiger partial charge in [0.2, 0.25) is 11.7 Å². The molecule has 0 N–H and O–H groups in total. The van der Waals surface area contributed by atoms with Gasteiger partial charge < -0.3 is 9.26 Å². The zero-order valence-corrected chi connectivity index (χ0v) is 17.9. The number of nitrogens with zero attached hydrogens (tertiary/aromatic N) is 2. The van der Waals surface area contributed by atoms with E-state index in [1.165, 1.54) is 6.07 Å². The first-order valence-electron chi connectivity index (χ1n) is 10.3. The second-order valence-corrected chi connectivity index (χ2v) is 7.69. The van der Waals surface area contributed by atoms with Crippen LogP contribution in [-0.4, -0.2) is 10.1 Å². The van der Waals surface area contributed by atoms with Crippen LogP contribution in [0.2, 0.25) is 0 Å². The van der Waals surface area contributed by atoms with Crippen LogP contribution in [0.25, 0.3) is 11.4 Å². The van der Waals surface area contributed by atoms with Crippen LogP contribution in [0.15, 0.2) is 47.0 Å². The first-order chi connectivity index (χ1) is 15.5. The highest BCUT2D eigenvalue weighted by Crippen LogP contribution is 2.39. The Morgan fingerprint density at radius 3 is 2.27 bits per heavy atom. The maximum absolute atomic E-state index is 13.7. The Labute approximate surface area is 186 Å². The highest BCUT2D eigenvalue weighted by Gasteiger charge is 2.35. The lowest BCUT2D eigenvalue weighted by atomic mass is 10.0. The van der Waals surface area contributed by atoms with Crippen molar-refractivity contribution in [1.29, 1.82) is 0 Å². The number of hydrogen-bond donors (Lipinski definition) is 0. The molecular weight excluding hydrogens is 450 g/mol. The highest BCUT2D eigenvalue weighted by atomic mass is 19.4. The quantitative estimate of drug-likeness (QED) is 0.316. The zero-order valence-electron chi connectivity index (χ0n) is 17.9. The maximum atomic E-state index is 13.7. The monoisotopic (exact) mass is 472 g/mol. The number of halogens is 6. The third kappa shape index (κ3) is 6.27. The molecule has 0 amide bonds. The van der Waals surface area contributed by atoms with Crippen molar-refractivity contribution in [3.63, 3.8) is 0 Å². The van der Waals surface area contributed by atoms with E-state index < -0.39 is 29.2 Å². The van der Waals surface area contributed by atoms with E-state index >= 15 is 0 Å². The van der Waals surface area contributed by atoms with Crippen LogP contribution in [0.5, 0.6) is 5.75 Å². The average Bonchev–Trinajstić information content (AvgIpc) is 3.25. The van der Waals surface area contributed by atoms with E-state index in [9.17, 15) is 26.3 Å². The molecule has 178 valence electrons. The van der Waals surface area contributed by atoms with Gasteiger partial charge >= 0.3 is 12.4 Å². The first-order valence-corrected chi connectivity index (χ1v) is 10.3. The first kappa shape index (κ1) is 24.6. The standard InChI is InChI=1S/C23H22F6N2O2/c1-3-4-5-14(2)21-30-20(31-33-21)16-8-11-19(18(12-16)23(27,28)29)32-13-15-6-9-17(10-7-15)22(24,25)26/h6-12,14H,3-5,13H2,1-2H3. The number of hydrogen-bond acceptors (Lipinski definition) is 4. The molecule has 1 atom stereocenters. The molecule has 0 bridgehead atoms. The van der Waals surface area contributed by atoms with Gasteiger partial charge in [0.15, 0.2) is 0 Å². The molecule has 1 unspecified atom stereocenters. The molecule has 0 aliphatic heterocycles. The van der Waals surface area contributed by atoms with E-state index in [1.807, 2.05) is 13.8 Å². The molecule has 0 saturated heterocycles. The Morgan fingerprint density at radius 2 is 1.67 bits per heavy atom. The maximum Gasteiger partial charge on any atom is 0.419 e. The van der Waals surface area contributed by atoms with Gasteiger partial charge in [0.1, 0.15) is 12.4 Å². The lowest BCUT2D eigenvalue weighted by Gasteiger charge is -2.15. The molecule has 33 heavy (non-hydrogen) atoms. The summed E-state index contributed by atoms with van der Waals surface area (Å²) in [5, 5.41) is 3.80. The molecule has 0 fully saturated rings. The lowest BCUT2D eigenvalue weighted by molar-refractivity contribution is -0.139. The Morgan fingerprint density at radius 1 is 0.970 bits per heavy atom. The number of benzene rings is 2. The summed E-state index contributed by atoms with van der Waals surface area (Å²) >= 11 is 0. The molecule has 3 rings (SSSR count). The summed E-state index contributed by atoms with van der Waals surface area (Å²) in [4.78, 5) is 4.23. The lowest BCUT2D eigenvalue weighted by Crippen LogP contribution is -2.09. The molecule has 3 aromatic rings. The Bertz CT molecular complexity index is 1060. The van der Waals surface area contributed by atoms with Gasteiger partial charge in [-0.15, -0.1) is 0 Å². The Kier molecular flexibility index (Phi) is 7.34. The van der Waals surface area contributed by atoms with Crippen molar-refractivity contribution < 1.29 is 35.6 Å². The third-order valence-electron chi connectivity index (χ3n) is 5.07. The van der Waals surface area contributed by atoms with E-state index in [4.69, 9.17) is 9.26 Å². The van der Waals surface area contributed by atoms with Gasteiger partial charge in [0.05, 0.1) is 11.1 Å². The number of alkyl halides is 6. The largest absolute Gasteiger partial charge is 0.488 e. The molecule has 10 heteroatoms.